The molecule has 1 rings (SSSR count). The topological polar surface area (TPSA) is 70.2 Å². The average Bonchev–Trinajstić information content (AvgIpc) is 2.30. The summed E-state index contributed by atoms with van der Waals surface area (Å²) in [6.45, 7) is 1.45. The number of hydrogen-bond acceptors (Lipinski definition) is 4. The van der Waals surface area contributed by atoms with Crippen LogP contribution in [0.1, 0.15) is 0 Å². The van der Waals surface area contributed by atoms with Gasteiger partial charge in [-0.05, 0) is 26.2 Å². The minimum atomic E-state index is -3.40. The molecule has 0 aliphatic carbocycles. The van der Waals surface area contributed by atoms with Crippen LogP contribution in [0, 0.1) is 0 Å². The predicted octanol–water partition coefficient (Wildman–Crippen LogP) is 0.226. The largest absolute Gasteiger partial charge is 0.383 e. The molecule has 0 aliphatic heterocycles. The Balaban J connectivity index is 2.92. The first-order chi connectivity index (χ1) is 7.61. The summed E-state index contributed by atoms with van der Waals surface area (Å²) < 4.78 is 25.7. The monoisotopic (exact) mass is 243 g/mol. The lowest BCUT2D eigenvalue weighted by Gasteiger charge is -2.11. The third-order valence-corrected chi connectivity index (χ3v) is 3.61. The van der Waals surface area contributed by atoms with E-state index in [4.69, 9.17) is 0 Å². The summed E-state index contributed by atoms with van der Waals surface area (Å²) in [7, 11) is -0.151. The molecular weight excluding hydrogens is 226 g/mol. The summed E-state index contributed by atoms with van der Waals surface area (Å²) in [4.78, 5) is 0.272. The average molecular weight is 243 g/mol. The quantitative estimate of drug-likeness (QED) is 0.625. The fourth-order valence-corrected chi connectivity index (χ4v) is 2.19. The maximum atomic E-state index is 11.7. The summed E-state index contributed by atoms with van der Waals surface area (Å²) in [6, 6.07) is 6.83. The molecule has 6 heteroatoms. The van der Waals surface area contributed by atoms with Crippen LogP contribution in [0.25, 0.3) is 0 Å². The molecule has 0 saturated heterocycles. The second kappa shape index (κ2) is 5.83. The van der Waals surface area contributed by atoms with Crippen LogP contribution < -0.4 is 15.4 Å². The first-order valence-corrected chi connectivity index (χ1v) is 6.51. The first kappa shape index (κ1) is 13.0. The Morgan fingerprint density at radius 1 is 1.12 bits per heavy atom. The second-order valence-electron chi connectivity index (χ2n) is 3.23. The van der Waals surface area contributed by atoms with Gasteiger partial charge in [-0.15, -0.1) is 0 Å². The number of benzene rings is 1. The molecule has 0 fully saturated rings. The molecule has 0 unspecified atom stereocenters. The Kier molecular flexibility index (Phi) is 4.72. The van der Waals surface area contributed by atoms with E-state index in [1.54, 1.807) is 24.3 Å². The highest BCUT2D eigenvalue weighted by Gasteiger charge is 2.15. The van der Waals surface area contributed by atoms with Crippen LogP contribution in [-0.2, 0) is 10.0 Å². The highest BCUT2D eigenvalue weighted by molar-refractivity contribution is 7.89. The zero-order chi connectivity index (χ0) is 12.0. The van der Waals surface area contributed by atoms with Crippen LogP contribution >= 0.6 is 0 Å². The van der Waals surface area contributed by atoms with E-state index < -0.39 is 10.0 Å². The minimum Gasteiger partial charge on any atom is -0.383 e. The summed E-state index contributed by atoms with van der Waals surface area (Å²) in [5, 5.41) is 6.06. The van der Waals surface area contributed by atoms with Gasteiger partial charge in [-0.1, -0.05) is 12.1 Å². The van der Waals surface area contributed by atoms with Gasteiger partial charge in [0.1, 0.15) is 4.90 Å². The van der Waals surface area contributed by atoms with Crippen LogP contribution in [0.5, 0.6) is 0 Å². The Labute approximate surface area is 96.3 Å². The van der Waals surface area contributed by atoms with Gasteiger partial charge in [-0.2, -0.15) is 0 Å². The van der Waals surface area contributed by atoms with E-state index in [9.17, 15) is 8.42 Å². The number of nitrogens with one attached hydrogen (secondary N) is 3. The van der Waals surface area contributed by atoms with Gasteiger partial charge in [0.15, 0.2) is 0 Å². The molecule has 1 aromatic rings. The molecule has 3 N–H and O–H groups in total. The molecule has 16 heavy (non-hydrogen) atoms. The predicted molar refractivity (Wildman–Crippen MR) is 65.1 cm³/mol. The van der Waals surface area contributed by atoms with E-state index in [0.29, 0.717) is 12.2 Å². The van der Waals surface area contributed by atoms with Crippen LogP contribution in [0.3, 0.4) is 0 Å². The lowest BCUT2D eigenvalue weighted by Crippen LogP contribution is -2.22. The molecule has 90 valence electrons. The van der Waals surface area contributed by atoms with Gasteiger partial charge >= 0.3 is 0 Å². The second-order valence-corrected chi connectivity index (χ2v) is 5.09. The van der Waals surface area contributed by atoms with E-state index in [2.05, 4.69) is 15.4 Å². The van der Waals surface area contributed by atoms with E-state index >= 15 is 0 Å². The summed E-state index contributed by atoms with van der Waals surface area (Å²) in [6.07, 6.45) is 0. The standard InChI is InChI=1S/C10H17N3O2S/c1-11-7-8-13-9-5-3-4-6-10(9)16(14,15)12-2/h3-6,11-13H,7-8H2,1-2H3. The lowest BCUT2D eigenvalue weighted by molar-refractivity contribution is 0.588. The van der Waals surface area contributed by atoms with Crippen molar-refractivity contribution in [1.29, 1.82) is 0 Å². The molecule has 0 radical (unpaired) electrons. The third-order valence-electron chi connectivity index (χ3n) is 2.14. The van der Waals surface area contributed by atoms with Crippen molar-refractivity contribution >= 4 is 15.7 Å². The van der Waals surface area contributed by atoms with Crippen LogP contribution in [0.4, 0.5) is 5.69 Å². The molecule has 0 saturated carbocycles. The van der Waals surface area contributed by atoms with Gasteiger partial charge in [0, 0.05) is 13.1 Å². The molecule has 0 bridgehead atoms. The summed E-state index contributed by atoms with van der Waals surface area (Å²) >= 11 is 0. The van der Waals surface area contributed by atoms with E-state index in [0.717, 1.165) is 6.54 Å². The molecule has 5 nitrogen and oxygen atoms in total. The Bertz CT molecular complexity index is 431. The van der Waals surface area contributed by atoms with Crippen molar-refractivity contribution in [3.63, 3.8) is 0 Å². The van der Waals surface area contributed by atoms with Crippen molar-refractivity contribution in [3.8, 4) is 0 Å². The van der Waals surface area contributed by atoms with Gasteiger partial charge in [0.05, 0.1) is 5.69 Å². The Morgan fingerprint density at radius 2 is 1.81 bits per heavy atom. The number of likely N-dealkylation sites (N-methyl/N-ethyl adjacent to an activating group) is 1. The van der Waals surface area contributed by atoms with Crippen LogP contribution in [0.15, 0.2) is 29.2 Å². The number of rotatable bonds is 6. The number of hydrogen-bond donors (Lipinski definition) is 3. The molecule has 1 aromatic carbocycles. The molecule has 0 atom stereocenters. The van der Waals surface area contributed by atoms with Crippen molar-refractivity contribution < 1.29 is 8.42 Å². The Hall–Kier alpha value is -1.11. The molecule has 0 aliphatic rings. The number of anilines is 1. The van der Waals surface area contributed by atoms with Gasteiger partial charge in [0.25, 0.3) is 0 Å². The minimum absolute atomic E-state index is 0.272. The smallest absolute Gasteiger partial charge is 0.242 e. The fourth-order valence-electron chi connectivity index (χ4n) is 1.28. The molecule has 0 amide bonds. The third kappa shape index (κ3) is 3.19. The first-order valence-electron chi connectivity index (χ1n) is 5.03. The summed E-state index contributed by atoms with van der Waals surface area (Å²) in [5.41, 5.74) is 0.618. The molecule has 0 spiro atoms. The van der Waals surface area contributed by atoms with Crippen molar-refractivity contribution in [2.75, 3.05) is 32.5 Å². The van der Waals surface area contributed by atoms with Gasteiger partial charge < -0.3 is 10.6 Å². The number of sulfonamides is 1. The Morgan fingerprint density at radius 3 is 2.44 bits per heavy atom. The van der Waals surface area contributed by atoms with Crippen molar-refractivity contribution in [1.82, 2.24) is 10.0 Å². The van der Waals surface area contributed by atoms with Gasteiger partial charge in [-0.3, -0.25) is 0 Å². The van der Waals surface area contributed by atoms with Crippen LogP contribution in [0.2, 0.25) is 0 Å². The van der Waals surface area contributed by atoms with Crippen molar-refractivity contribution in [2.24, 2.45) is 0 Å². The normalized spacial score (nSPS) is 11.4. The summed E-state index contributed by atoms with van der Waals surface area (Å²) in [5.74, 6) is 0. The fraction of sp³-hybridized carbons (Fsp3) is 0.400. The van der Waals surface area contributed by atoms with E-state index in [1.807, 2.05) is 7.05 Å². The molecular formula is C10H17N3O2S. The maximum absolute atomic E-state index is 11.7. The van der Waals surface area contributed by atoms with E-state index in [-0.39, 0.29) is 4.90 Å². The lowest BCUT2D eigenvalue weighted by atomic mass is 10.3. The SMILES string of the molecule is CNCCNc1ccccc1S(=O)(=O)NC. The van der Waals surface area contributed by atoms with Gasteiger partial charge in [0.2, 0.25) is 10.0 Å². The zero-order valence-electron chi connectivity index (χ0n) is 9.45. The highest BCUT2D eigenvalue weighted by atomic mass is 32.2. The highest BCUT2D eigenvalue weighted by Crippen LogP contribution is 2.19. The zero-order valence-corrected chi connectivity index (χ0v) is 10.3. The van der Waals surface area contributed by atoms with Crippen molar-refractivity contribution in [2.45, 2.75) is 4.90 Å². The van der Waals surface area contributed by atoms with Crippen molar-refractivity contribution in [3.05, 3.63) is 24.3 Å². The molecule has 0 heterocycles. The maximum Gasteiger partial charge on any atom is 0.242 e. The number of para-hydroxylation sites is 1. The molecule has 0 aromatic heterocycles. The van der Waals surface area contributed by atoms with Gasteiger partial charge in [-0.25, -0.2) is 13.1 Å². The van der Waals surface area contributed by atoms with E-state index in [1.165, 1.54) is 7.05 Å². The van der Waals surface area contributed by atoms with Crippen LogP contribution in [-0.4, -0.2) is 35.6 Å².